The first kappa shape index (κ1) is 25.1. The first-order chi connectivity index (χ1) is 15.8. The van der Waals surface area contributed by atoms with E-state index in [1.165, 1.54) is 40.9 Å². The summed E-state index contributed by atoms with van der Waals surface area (Å²) in [4.78, 5) is 34.1. The summed E-state index contributed by atoms with van der Waals surface area (Å²) in [7, 11) is 4.58. The monoisotopic (exact) mass is 491 g/mol. The van der Waals surface area contributed by atoms with E-state index in [4.69, 9.17) is 16.3 Å². The van der Waals surface area contributed by atoms with Crippen molar-refractivity contribution in [2.75, 3.05) is 24.3 Å². The number of rotatable bonds is 5. The van der Waals surface area contributed by atoms with Gasteiger partial charge in [-0.05, 0) is 45.0 Å². The van der Waals surface area contributed by atoms with Crippen molar-refractivity contribution < 1.29 is 23.1 Å². The predicted octanol–water partition coefficient (Wildman–Crippen LogP) is 4.69. The Morgan fingerprint density at radius 1 is 1.18 bits per heavy atom. The lowest BCUT2D eigenvalue weighted by atomic mass is 10.1. The highest BCUT2D eigenvalue weighted by Gasteiger charge is 2.23. The largest absolute Gasteiger partial charge is 0.456 e. The standard InChI is InChI=1S/C23H24ClF2N5O3/c1-23(2,3)34-22(33)13-8-7-12(9-15(13)24)28-21(32)20-27-11-17(31(20)6)14-10-16(25)19(30(4)5)29-18(14)26/h7-11H,1-6H3,(H,28,32). The van der Waals surface area contributed by atoms with Gasteiger partial charge in [-0.3, -0.25) is 4.79 Å². The zero-order chi connectivity index (χ0) is 25.4. The molecule has 0 aliphatic rings. The molecule has 1 amide bonds. The molecule has 180 valence electrons. The lowest BCUT2D eigenvalue weighted by Crippen LogP contribution is -2.24. The van der Waals surface area contributed by atoms with Gasteiger partial charge in [-0.15, -0.1) is 0 Å². The molecule has 3 aromatic rings. The number of nitrogens with one attached hydrogen (secondary N) is 1. The van der Waals surface area contributed by atoms with Gasteiger partial charge in [0.1, 0.15) is 5.60 Å². The number of aromatic nitrogens is 3. The zero-order valence-corrected chi connectivity index (χ0v) is 20.3. The van der Waals surface area contributed by atoms with E-state index >= 15 is 0 Å². The molecule has 3 rings (SSSR count). The number of imidazole rings is 1. The van der Waals surface area contributed by atoms with Crippen molar-refractivity contribution in [2.24, 2.45) is 7.05 Å². The van der Waals surface area contributed by atoms with Crippen LogP contribution >= 0.6 is 11.6 Å². The second-order valence-corrected chi connectivity index (χ2v) is 9.11. The van der Waals surface area contributed by atoms with Gasteiger partial charge in [0.25, 0.3) is 5.91 Å². The number of carbonyl (C=O) groups is 2. The van der Waals surface area contributed by atoms with E-state index in [9.17, 15) is 18.4 Å². The number of anilines is 2. The molecule has 2 heterocycles. The molecule has 0 radical (unpaired) electrons. The fourth-order valence-electron chi connectivity index (χ4n) is 3.10. The van der Waals surface area contributed by atoms with Crippen LogP contribution in [0.25, 0.3) is 11.3 Å². The van der Waals surface area contributed by atoms with E-state index in [0.29, 0.717) is 5.69 Å². The number of hydrogen-bond acceptors (Lipinski definition) is 6. The van der Waals surface area contributed by atoms with Crippen molar-refractivity contribution in [3.8, 4) is 11.3 Å². The van der Waals surface area contributed by atoms with Gasteiger partial charge in [-0.1, -0.05) is 11.6 Å². The maximum absolute atomic E-state index is 14.6. The number of hydrogen-bond donors (Lipinski definition) is 1. The molecule has 1 N–H and O–H groups in total. The Kier molecular flexibility index (Phi) is 6.92. The predicted molar refractivity (Wildman–Crippen MR) is 125 cm³/mol. The third kappa shape index (κ3) is 5.33. The van der Waals surface area contributed by atoms with Crippen molar-refractivity contribution in [2.45, 2.75) is 26.4 Å². The Labute approximate surface area is 200 Å². The van der Waals surface area contributed by atoms with E-state index in [-0.39, 0.29) is 33.5 Å². The third-order valence-corrected chi connectivity index (χ3v) is 4.96. The van der Waals surface area contributed by atoms with Crippen LogP contribution < -0.4 is 10.2 Å². The number of pyridine rings is 1. The summed E-state index contributed by atoms with van der Waals surface area (Å²) >= 11 is 6.20. The molecule has 34 heavy (non-hydrogen) atoms. The number of nitrogens with zero attached hydrogens (tertiary/aromatic N) is 4. The smallest absolute Gasteiger partial charge is 0.340 e. The molecule has 1 aromatic carbocycles. The Balaban J connectivity index is 1.83. The fraction of sp³-hybridized carbons (Fsp3) is 0.304. The van der Waals surface area contributed by atoms with Gasteiger partial charge in [-0.25, -0.2) is 14.2 Å². The number of halogens is 3. The molecule has 0 aliphatic heterocycles. The third-order valence-electron chi connectivity index (χ3n) is 4.65. The lowest BCUT2D eigenvalue weighted by molar-refractivity contribution is 0.00697. The number of benzene rings is 1. The van der Waals surface area contributed by atoms with Gasteiger partial charge in [0.05, 0.1) is 28.0 Å². The van der Waals surface area contributed by atoms with Gasteiger partial charge in [-0.2, -0.15) is 9.37 Å². The van der Waals surface area contributed by atoms with Crippen molar-refractivity contribution in [1.82, 2.24) is 14.5 Å². The van der Waals surface area contributed by atoms with Gasteiger partial charge in [0.15, 0.2) is 17.5 Å². The molecular formula is C23H24ClF2N5O3. The molecule has 11 heteroatoms. The minimum absolute atomic E-state index is 0.0566. The van der Waals surface area contributed by atoms with Crippen LogP contribution in [0.5, 0.6) is 0 Å². The summed E-state index contributed by atoms with van der Waals surface area (Å²) in [5.41, 5.74) is -0.200. The van der Waals surface area contributed by atoms with Gasteiger partial charge in [0, 0.05) is 26.8 Å². The Hall–Kier alpha value is -3.53. The second-order valence-electron chi connectivity index (χ2n) is 8.70. The van der Waals surface area contributed by atoms with Crippen LogP contribution in [0.2, 0.25) is 5.02 Å². The molecular weight excluding hydrogens is 468 g/mol. The zero-order valence-electron chi connectivity index (χ0n) is 19.5. The minimum Gasteiger partial charge on any atom is -0.456 e. The Morgan fingerprint density at radius 3 is 2.44 bits per heavy atom. The van der Waals surface area contributed by atoms with Crippen molar-refractivity contribution in [1.29, 1.82) is 0 Å². The topological polar surface area (TPSA) is 89.3 Å². The Bertz CT molecular complexity index is 1270. The molecule has 0 saturated carbocycles. The molecule has 0 fully saturated rings. The molecule has 0 bridgehead atoms. The maximum atomic E-state index is 14.6. The van der Waals surface area contributed by atoms with Crippen LogP contribution in [-0.4, -0.2) is 46.1 Å². The highest BCUT2D eigenvalue weighted by atomic mass is 35.5. The average molecular weight is 492 g/mol. The Morgan fingerprint density at radius 2 is 1.85 bits per heavy atom. The number of carbonyl (C=O) groups excluding carboxylic acids is 2. The number of esters is 1. The highest BCUT2D eigenvalue weighted by molar-refractivity contribution is 6.34. The summed E-state index contributed by atoms with van der Waals surface area (Å²) in [6.45, 7) is 5.21. The van der Waals surface area contributed by atoms with Crippen LogP contribution in [0.1, 0.15) is 41.7 Å². The van der Waals surface area contributed by atoms with Crippen LogP contribution in [0.3, 0.4) is 0 Å². The molecule has 0 saturated heterocycles. The molecule has 8 nitrogen and oxygen atoms in total. The van der Waals surface area contributed by atoms with Crippen LogP contribution in [0.15, 0.2) is 30.5 Å². The van der Waals surface area contributed by atoms with Crippen LogP contribution in [0, 0.1) is 11.8 Å². The summed E-state index contributed by atoms with van der Waals surface area (Å²) in [6, 6.07) is 5.34. The van der Waals surface area contributed by atoms with Crippen molar-refractivity contribution >= 4 is 35.0 Å². The van der Waals surface area contributed by atoms with E-state index in [2.05, 4.69) is 15.3 Å². The average Bonchev–Trinajstić information content (AvgIpc) is 3.09. The molecule has 0 spiro atoms. The minimum atomic E-state index is -0.899. The molecule has 0 atom stereocenters. The molecule has 0 unspecified atom stereocenters. The number of amides is 1. The number of ether oxygens (including phenoxy) is 1. The molecule has 0 aliphatic carbocycles. The summed E-state index contributed by atoms with van der Waals surface area (Å²) in [5.74, 6) is -3.02. The van der Waals surface area contributed by atoms with Crippen LogP contribution in [-0.2, 0) is 11.8 Å². The molecule has 2 aromatic heterocycles. The van der Waals surface area contributed by atoms with E-state index in [0.717, 1.165) is 6.07 Å². The summed E-state index contributed by atoms with van der Waals surface area (Å²) in [6.07, 6.45) is 1.25. The van der Waals surface area contributed by atoms with Crippen LogP contribution in [0.4, 0.5) is 20.3 Å². The van der Waals surface area contributed by atoms with Crippen molar-refractivity contribution in [3.63, 3.8) is 0 Å². The highest BCUT2D eigenvalue weighted by Crippen LogP contribution is 2.28. The second kappa shape index (κ2) is 9.38. The summed E-state index contributed by atoms with van der Waals surface area (Å²) in [5, 5.41) is 2.71. The van der Waals surface area contributed by atoms with E-state index in [1.54, 1.807) is 34.9 Å². The quantitative estimate of drug-likeness (QED) is 0.411. The van der Waals surface area contributed by atoms with Crippen molar-refractivity contribution in [3.05, 3.63) is 58.6 Å². The normalized spacial score (nSPS) is 11.3. The first-order valence-corrected chi connectivity index (χ1v) is 10.6. The maximum Gasteiger partial charge on any atom is 0.340 e. The van der Waals surface area contributed by atoms with Gasteiger partial charge < -0.3 is 19.5 Å². The van der Waals surface area contributed by atoms with Gasteiger partial charge >= 0.3 is 5.97 Å². The van der Waals surface area contributed by atoms with Gasteiger partial charge in [0.2, 0.25) is 5.95 Å². The summed E-state index contributed by atoms with van der Waals surface area (Å²) < 4.78 is 35.5. The first-order valence-electron chi connectivity index (χ1n) is 10.2. The van der Waals surface area contributed by atoms with E-state index < -0.39 is 29.2 Å². The SMILES string of the molecule is CN(C)c1nc(F)c(-c2cnc(C(=O)Nc3ccc(C(=O)OC(C)(C)C)c(Cl)c3)n2C)cc1F. The van der Waals surface area contributed by atoms with E-state index in [1.807, 2.05) is 0 Å². The fourth-order valence-corrected chi connectivity index (χ4v) is 3.36. The lowest BCUT2D eigenvalue weighted by Gasteiger charge is -2.20.